The summed E-state index contributed by atoms with van der Waals surface area (Å²) in [6.07, 6.45) is 2.99. The maximum atomic E-state index is 12.0. The highest BCUT2D eigenvalue weighted by Crippen LogP contribution is 2.02. The summed E-state index contributed by atoms with van der Waals surface area (Å²) < 4.78 is 8.13. The van der Waals surface area contributed by atoms with Crippen LogP contribution in [0.15, 0.2) is 17.3 Å². The summed E-state index contributed by atoms with van der Waals surface area (Å²) in [6.45, 7) is 1.04. The van der Waals surface area contributed by atoms with E-state index in [9.17, 15) is 4.79 Å². The fraction of sp³-hybridized carbons (Fsp3) is 0.500. The van der Waals surface area contributed by atoms with Gasteiger partial charge in [0.2, 0.25) is 0 Å². The molecule has 2 aromatic heterocycles. The molecule has 0 spiro atoms. The Hall–Kier alpha value is -1.73. The first kappa shape index (κ1) is 11.7. The number of fused-ring (bicyclic) bond motifs is 1. The van der Waals surface area contributed by atoms with E-state index in [4.69, 9.17) is 9.84 Å². The lowest BCUT2D eigenvalue weighted by Crippen LogP contribution is -2.23. The molecule has 0 bridgehead atoms. The number of nitrogens with zero attached hydrogens (tertiary/aromatic N) is 4. The SMILES string of the molecule is Cn1ncc2c(=O)n(CCOCCO)cnc21. The van der Waals surface area contributed by atoms with Gasteiger partial charge in [0, 0.05) is 7.05 Å². The molecule has 0 saturated carbocycles. The van der Waals surface area contributed by atoms with Crippen molar-refractivity contribution in [2.45, 2.75) is 6.54 Å². The van der Waals surface area contributed by atoms with Gasteiger partial charge in [-0.2, -0.15) is 5.10 Å². The molecule has 0 aliphatic carbocycles. The second-order valence-corrected chi connectivity index (χ2v) is 3.58. The molecule has 0 unspecified atom stereocenters. The smallest absolute Gasteiger partial charge is 0.264 e. The number of ether oxygens (including phenoxy) is 1. The molecule has 0 aliphatic heterocycles. The Bertz CT molecular complexity index is 560. The molecule has 92 valence electrons. The van der Waals surface area contributed by atoms with E-state index in [1.807, 2.05) is 0 Å². The van der Waals surface area contributed by atoms with E-state index >= 15 is 0 Å². The Kier molecular flexibility index (Phi) is 3.50. The first-order chi connectivity index (χ1) is 8.24. The monoisotopic (exact) mass is 238 g/mol. The van der Waals surface area contributed by atoms with Crippen LogP contribution in [0.25, 0.3) is 11.0 Å². The van der Waals surface area contributed by atoms with Gasteiger partial charge in [-0.3, -0.25) is 14.0 Å². The molecule has 0 fully saturated rings. The number of rotatable bonds is 5. The Morgan fingerprint density at radius 1 is 1.47 bits per heavy atom. The molecular weight excluding hydrogens is 224 g/mol. The van der Waals surface area contributed by atoms with Gasteiger partial charge in [0.25, 0.3) is 5.56 Å². The maximum Gasteiger partial charge on any atom is 0.264 e. The van der Waals surface area contributed by atoms with Crippen molar-refractivity contribution in [1.29, 1.82) is 0 Å². The highest BCUT2D eigenvalue weighted by atomic mass is 16.5. The highest BCUT2D eigenvalue weighted by molar-refractivity contribution is 5.72. The number of aryl methyl sites for hydroxylation is 1. The number of aliphatic hydroxyl groups excluding tert-OH is 1. The van der Waals surface area contributed by atoms with E-state index < -0.39 is 0 Å². The molecule has 0 amide bonds. The molecule has 0 radical (unpaired) electrons. The average Bonchev–Trinajstić information content (AvgIpc) is 2.70. The van der Waals surface area contributed by atoms with Crippen LogP contribution in [-0.4, -0.2) is 44.3 Å². The number of aromatic nitrogens is 4. The van der Waals surface area contributed by atoms with Crippen LogP contribution in [0.2, 0.25) is 0 Å². The van der Waals surface area contributed by atoms with Crippen molar-refractivity contribution < 1.29 is 9.84 Å². The quantitative estimate of drug-likeness (QED) is 0.685. The van der Waals surface area contributed by atoms with Gasteiger partial charge >= 0.3 is 0 Å². The van der Waals surface area contributed by atoms with Crippen LogP contribution >= 0.6 is 0 Å². The van der Waals surface area contributed by atoms with Crippen molar-refractivity contribution in [2.75, 3.05) is 19.8 Å². The second-order valence-electron chi connectivity index (χ2n) is 3.58. The van der Waals surface area contributed by atoms with E-state index in [2.05, 4.69) is 10.1 Å². The zero-order chi connectivity index (χ0) is 12.3. The summed E-state index contributed by atoms with van der Waals surface area (Å²) in [7, 11) is 1.74. The van der Waals surface area contributed by atoms with Gasteiger partial charge in [0.1, 0.15) is 11.7 Å². The lowest BCUT2D eigenvalue weighted by atomic mass is 10.4. The minimum Gasteiger partial charge on any atom is -0.394 e. The molecule has 7 heteroatoms. The van der Waals surface area contributed by atoms with Crippen molar-refractivity contribution in [3.63, 3.8) is 0 Å². The van der Waals surface area contributed by atoms with Gasteiger partial charge < -0.3 is 9.84 Å². The first-order valence-electron chi connectivity index (χ1n) is 5.30. The summed E-state index contributed by atoms with van der Waals surface area (Å²) in [5.41, 5.74) is 0.443. The lowest BCUT2D eigenvalue weighted by Gasteiger charge is -2.05. The summed E-state index contributed by atoms with van der Waals surface area (Å²) in [5, 5.41) is 13.0. The van der Waals surface area contributed by atoms with Crippen LogP contribution in [0.5, 0.6) is 0 Å². The van der Waals surface area contributed by atoms with Crippen LogP contribution in [0.1, 0.15) is 0 Å². The topological polar surface area (TPSA) is 82.2 Å². The minimum atomic E-state index is -0.129. The molecule has 2 aromatic rings. The average molecular weight is 238 g/mol. The third-order valence-electron chi connectivity index (χ3n) is 2.43. The molecule has 0 saturated heterocycles. The summed E-state index contributed by atoms with van der Waals surface area (Å²) in [5.74, 6) is 0. The van der Waals surface area contributed by atoms with Crippen molar-refractivity contribution in [3.8, 4) is 0 Å². The summed E-state index contributed by atoms with van der Waals surface area (Å²) in [4.78, 5) is 16.1. The van der Waals surface area contributed by atoms with Crippen LogP contribution < -0.4 is 5.56 Å². The second kappa shape index (κ2) is 5.07. The van der Waals surface area contributed by atoms with Gasteiger partial charge in [0.05, 0.1) is 32.6 Å². The van der Waals surface area contributed by atoms with E-state index in [-0.39, 0.29) is 18.8 Å². The van der Waals surface area contributed by atoms with E-state index in [1.165, 1.54) is 17.1 Å². The Labute approximate surface area is 97.3 Å². The van der Waals surface area contributed by atoms with Gasteiger partial charge in [-0.15, -0.1) is 0 Å². The van der Waals surface area contributed by atoms with Gasteiger partial charge in [-0.05, 0) is 0 Å². The number of hydrogen-bond acceptors (Lipinski definition) is 5. The van der Waals surface area contributed by atoms with Crippen molar-refractivity contribution in [1.82, 2.24) is 19.3 Å². The van der Waals surface area contributed by atoms with Crippen LogP contribution in [0, 0.1) is 0 Å². The van der Waals surface area contributed by atoms with Crippen LogP contribution in [0.4, 0.5) is 0 Å². The predicted octanol–water partition coefficient (Wildman–Crippen LogP) is -0.861. The Balaban J connectivity index is 2.18. The van der Waals surface area contributed by atoms with Crippen LogP contribution in [0.3, 0.4) is 0 Å². The normalized spacial score (nSPS) is 11.2. The van der Waals surface area contributed by atoms with E-state index in [1.54, 1.807) is 11.7 Å². The van der Waals surface area contributed by atoms with E-state index in [0.29, 0.717) is 24.2 Å². The molecule has 1 N–H and O–H groups in total. The van der Waals surface area contributed by atoms with Crippen molar-refractivity contribution in [2.24, 2.45) is 7.05 Å². The van der Waals surface area contributed by atoms with Crippen LogP contribution in [-0.2, 0) is 18.3 Å². The fourth-order valence-corrected chi connectivity index (χ4v) is 1.56. The zero-order valence-electron chi connectivity index (χ0n) is 9.54. The summed E-state index contributed by atoms with van der Waals surface area (Å²) >= 11 is 0. The Morgan fingerprint density at radius 3 is 3.06 bits per heavy atom. The molecule has 2 heterocycles. The molecule has 0 aliphatic rings. The molecule has 0 aromatic carbocycles. The Morgan fingerprint density at radius 2 is 2.29 bits per heavy atom. The van der Waals surface area contributed by atoms with Crippen molar-refractivity contribution in [3.05, 3.63) is 22.9 Å². The number of aliphatic hydroxyl groups is 1. The van der Waals surface area contributed by atoms with E-state index in [0.717, 1.165) is 0 Å². The lowest BCUT2D eigenvalue weighted by molar-refractivity contribution is 0.0865. The molecular formula is C10H14N4O3. The molecule has 2 rings (SSSR count). The van der Waals surface area contributed by atoms with Gasteiger partial charge in [-0.25, -0.2) is 4.98 Å². The molecule has 7 nitrogen and oxygen atoms in total. The minimum absolute atomic E-state index is 0.0191. The van der Waals surface area contributed by atoms with Gasteiger partial charge in [-0.1, -0.05) is 0 Å². The predicted molar refractivity (Wildman–Crippen MR) is 60.7 cm³/mol. The zero-order valence-corrected chi connectivity index (χ0v) is 9.54. The fourth-order valence-electron chi connectivity index (χ4n) is 1.56. The molecule has 0 atom stereocenters. The third kappa shape index (κ3) is 2.34. The van der Waals surface area contributed by atoms with Gasteiger partial charge in [0.15, 0.2) is 5.65 Å². The first-order valence-corrected chi connectivity index (χ1v) is 5.30. The number of hydrogen-bond donors (Lipinski definition) is 1. The highest BCUT2D eigenvalue weighted by Gasteiger charge is 2.07. The summed E-state index contributed by atoms with van der Waals surface area (Å²) in [6, 6.07) is 0. The standard InChI is InChI=1S/C10H14N4O3/c1-13-9-8(6-12-13)10(16)14(7-11-9)2-4-17-5-3-15/h6-7,15H,2-5H2,1H3. The maximum absolute atomic E-state index is 12.0. The largest absolute Gasteiger partial charge is 0.394 e. The third-order valence-corrected chi connectivity index (χ3v) is 2.43. The van der Waals surface area contributed by atoms with Crippen molar-refractivity contribution >= 4 is 11.0 Å². The molecule has 17 heavy (non-hydrogen) atoms.